The molecule has 0 aromatic carbocycles. The summed E-state index contributed by atoms with van der Waals surface area (Å²) in [6.07, 6.45) is 0.129. The smallest absolute Gasteiger partial charge is 0.320 e. The molecule has 0 aromatic heterocycles. The molecule has 0 fully saturated rings. The van der Waals surface area contributed by atoms with Crippen LogP contribution in [-0.2, 0) is 9.59 Å². The normalized spacial score (nSPS) is 13.5. The Hall–Kier alpha value is -1.79. The van der Waals surface area contributed by atoms with Crippen molar-refractivity contribution in [1.82, 2.24) is 5.32 Å². The number of carbonyl (C=O) groups excluding carboxylic acids is 1. The number of nitrogens with zero attached hydrogens (tertiary/aromatic N) is 3. The number of nitrogens with one attached hydrogen (secondary N) is 1. The fraction of sp³-hybridized carbons (Fsp3) is 0.714. The largest absolute Gasteiger partial charge is 0.480 e. The van der Waals surface area contributed by atoms with Gasteiger partial charge in [-0.15, -0.1) is 0 Å². The Labute approximate surface area is 86.1 Å². The van der Waals surface area contributed by atoms with Crippen molar-refractivity contribution in [2.75, 3.05) is 6.54 Å². The Morgan fingerprint density at radius 1 is 1.67 bits per heavy atom. The quantitative estimate of drug-likeness (QED) is 0.315. The first kappa shape index (κ1) is 13.2. The molecular weight excluding hydrogens is 202 g/mol. The molecule has 0 spiro atoms. The lowest BCUT2D eigenvalue weighted by Gasteiger charge is -2.09. The second kappa shape index (κ2) is 6.63. The fourth-order valence-corrected chi connectivity index (χ4v) is 0.752. The SMILES string of the molecule is C[C@H](N=[N+]=[N-])C(=O)NCC[C@H](N)C(=O)O. The summed E-state index contributed by atoms with van der Waals surface area (Å²) in [5.74, 6) is -1.57. The predicted octanol–water partition coefficient (Wildman–Crippen LogP) is -0.397. The molecule has 0 aliphatic carbocycles. The lowest BCUT2D eigenvalue weighted by atomic mass is 10.2. The number of carbonyl (C=O) groups is 2. The van der Waals surface area contributed by atoms with Crippen molar-refractivity contribution in [2.24, 2.45) is 10.8 Å². The van der Waals surface area contributed by atoms with Gasteiger partial charge in [0.25, 0.3) is 0 Å². The molecule has 0 aromatic rings. The van der Waals surface area contributed by atoms with Gasteiger partial charge in [-0.25, -0.2) is 0 Å². The summed E-state index contributed by atoms with van der Waals surface area (Å²) in [5, 5.41) is 14.0. The minimum Gasteiger partial charge on any atom is -0.480 e. The van der Waals surface area contributed by atoms with E-state index >= 15 is 0 Å². The van der Waals surface area contributed by atoms with E-state index in [-0.39, 0.29) is 13.0 Å². The van der Waals surface area contributed by atoms with E-state index in [1.54, 1.807) is 0 Å². The van der Waals surface area contributed by atoms with Crippen LogP contribution in [0.3, 0.4) is 0 Å². The molecule has 84 valence electrons. The molecule has 0 aliphatic heterocycles. The van der Waals surface area contributed by atoms with Gasteiger partial charge in [-0.1, -0.05) is 5.11 Å². The summed E-state index contributed by atoms with van der Waals surface area (Å²) in [6, 6.07) is -1.81. The van der Waals surface area contributed by atoms with Crippen molar-refractivity contribution in [2.45, 2.75) is 25.4 Å². The molecule has 0 saturated heterocycles. The van der Waals surface area contributed by atoms with Crippen molar-refractivity contribution in [3.05, 3.63) is 10.4 Å². The number of aliphatic carboxylic acids is 1. The Morgan fingerprint density at radius 2 is 2.27 bits per heavy atom. The summed E-state index contributed by atoms with van der Waals surface area (Å²) < 4.78 is 0. The van der Waals surface area contributed by atoms with E-state index in [2.05, 4.69) is 15.3 Å². The summed E-state index contributed by atoms with van der Waals surface area (Å²) in [5.41, 5.74) is 13.3. The molecule has 0 saturated carbocycles. The molecule has 8 nitrogen and oxygen atoms in total. The zero-order valence-electron chi connectivity index (χ0n) is 8.25. The summed E-state index contributed by atoms with van der Waals surface area (Å²) >= 11 is 0. The first-order valence-electron chi connectivity index (χ1n) is 4.29. The molecule has 0 radical (unpaired) electrons. The number of nitrogens with two attached hydrogens (primary N) is 1. The molecular formula is C7H13N5O3. The van der Waals surface area contributed by atoms with Gasteiger partial charge < -0.3 is 16.2 Å². The monoisotopic (exact) mass is 215 g/mol. The zero-order valence-corrected chi connectivity index (χ0v) is 8.25. The first-order chi connectivity index (χ1) is 6.99. The van der Waals surface area contributed by atoms with E-state index in [4.69, 9.17) is 16.4 Å². The minimum atomic E-state index is -1.12. The lowest BCUT2D eigenvalue weighted by Crippen LogP contribution is -2.37. The number of azide groups is 1. The number of carboxylic acid groups (broad SMARTS) is 1. The summed E-state index contributed by atoms with van der Waals surface area (Å²) in [4.78, 5) is 23.9. The van der Waals surface area contributed by atoms with Crippen molar-refractivity contribution in [3.8, 4) is 0 Å². The third kappa shape index (κ3) is 5.50. The second-order valence-corrected chi connectivity index (χ2v) is 2.91. The molecule has 15 heavy (non-hydrogen) atoms. The molecule has 1 amide bonds. The molecule has 8 heteroatoms. The number of hydrogen-bond acceptors (Lipinski definition) is 4. The minimum absolute atomic E-state index is 0.129. The standard InChI is InChI=1S/C7H13N5O3/c1-4(11-12-9)6(13)10-3-2-5(8)7(14)15/h4-5H,2-3,8H2,1H3,(H,10,13)(H,14,15)/t4-,5-/m0/s1. The van der Waals surface area contributed by atoms with Gasteiger partial charge >= 0.3 is 5.97 Å². The lowest BCUT2D eigenvalue weighted by molar-refractivity contribution is -0.138. The van der Waals surface area contributed by atoms with E-state index in [0.717, 1.165) is 0 Å². The molecule has 2 atom stereocenters. The van der Waals surface area contributed by atoms with E-state index < -0.39 is 24.0 Å². The maximum Gasteiger partial charge on any atom is 0.320 e. The van der Waals surface area contributed by atoms with Crippen LogP contribution < -0.4 is 11.1 Å². The summed E-state index contributed by atoms with van der Waals surface area (Å²) in [6.45, 7) is 1.57. The van der Waals surface area contributed by atoms with Crippen molar-refractivity contribution >= 4 is 11.9 Å². The molecule has 0 rings (SSSR count). The van der Waals surface area contributed by atoms with Crippen LogP contribution >= 0.6 is 0 Å². The topological polar surface area (TPSA) is 141 Å². The Bertz CT molecular complexity index is 286. The zero-order chi connectivity index (χ0) is 11.8. The van der Waals surface area contributed by atoms with Gasteiger partial charge in [0, 0.05) is 11.5 Å². The van der Waals surface area contributed by atoms with E-state index in [1.807, 2.05) is 0 Å². The Morgan fingerprint density at radius 3 is 2.73 bits per heavy atom. The van der Waals surface area contributed by atoms with Crippen molar-refractivity contribution in [1.29, 1.82) is 0 Å². The highest BCUT2D eigenvalue weighted by Crippen LogP contribution is 1.91. The third-order valence-corrected chi connectivity index (χ3v) is 1.68. The highest BCUT2D eigenvalue weighted by Gasteiger charge is 2.13. The van der Waals surface area contributed by atoms with Crippen LogP contribution in [-0.4, -0.2) is 35.6 Å². The van der Waals surface area contributed by atoms with Crippen molar-refractivity contribution in [3.63, 3.8) is 0 Å². The van der Waals surface area contributed by atoms with Crippen LogP contribution in [0.1, 0.15) is 13.3 Å². The van der Waals surface area contributed by atoms with Gasteiger partial charge in [0.1, 0.15) is 12.1 Å². The van der Waals surface area contributed by atoms with Gasteiger partial charge in [-0.3, -0.25) is 9.59 Å². The van der Waals surface area contributed by atoms with Crippen LogP contribution in [0.2, 0.25) is 0 Å². The third-order valence-electron chi connectivity index (χ3n) is 1.68. The number of rotatable bonds is 6. The van der Waals surface area contributed by atoms with E-state index in [9.17, 15) is 9.59 Å². The van der Waals surface area contributed by atoms with Gasteiger partial charge in [-0.05, 0) is 18.9 Å². The van der Waals surface area contributed by atoms with Gasteiger partial charge in [-0.2, -0.15) is 0 Å². The molecule has 0 unspecified atom stereocenters. The number of carboxylic acids is 1. The second-order valence-electron chi connectivity index (χ2n) is 2.91. The van der Waals surface area contributed by atoms with Gasteiger partial charge in [0.15, 0.2) is 0 Å². The van der Waals surface area contributed by atoms with E-state index in [0.29, 0.717) is 0 Å². The molecule has 4 N–H and O–H groups in total. The van der Waals surface area contributed by atoms with Gasteiger partial charge in [0.05, 0.1) is 0 Å². The molecule has 0 aliphatic rings. The maximum absolute atomic E-state index is 11.1. The Kier molecular flexibility index (Phi) is 5.84. The number of hydrogen-bond donors (Lipinski definition) is 3. The van der Waals surface area contributed by atoms with Crippen molar-refractivity contribution < 1.29 is 14.7 Å². The highest BCUT2D eigenvalue weighted by molar-refractivity contribution is 5.81. The van der Waals surface area contributed by atoms with Crippen LogP contribution in [0, 0.1) is 0 Å². The van der Waals surface area contributed by atoms with Crippen LogP contribution in [0.15, 0.2) is 5.11 Å². The first-order valence-corrected chi connectivity index (χ1v) is 4.29. The molecule has 0 heterocycles. The van der Waals surface area contributed by atoms with Crippen LogP contribution in [0.5, 0.6) is 0 Å². The highest BCUT2D eigenvalue weighted by atomic mass is 16.4. The predicted molar refractivity (Wildman–Crippen MR) is 51.8 cm³/mol. The maximum atomic E-state index is 11.1. The van der Waals surface area contributed by atoms with E-state index in [1.165, 1.54) is 6.92 Å². The average Bonchev–Trinajstić information content (AvgIpc) is 2.17. The Balaban J connectivity index is 3.82. The van der Waals surface area contributed by atoms with Crippen LogP contribution in [0.25, 0.3) is 10.4 Å². The molecule has 0 bridgehead atoms. The fourth-order valence-electron chi connectivity index (χ4n) is 0.752. The summed E-state index contributed by atoms with van der Waals surface area (Å²) in [7, 11) is 0. The van der Waals surface area contributed by atoms with Gasteiger partial charge in [0.2, 0.25) is 5.91 Å². The van der Waals surface area contributed by atoms with Crippen LogP contribution in [0.4, 0.5) is 0 Å². The average molecular weight is 215 g/mol. The number of amides is 1.